The van der Waals surface area contributed by atoms with Crippen molar-refractivity contribution < 1.29 is 4.79 Å². The second-order valence-electron chi connectivity index (χ2n) is 4.91. The fourth-order valence-corrected chi connectivity index (χ4v) is 2.02. The van der Waals surface area contributed by atoms with Crippen molar-refractivity contribution in [3.05, 3.63) is 23.8 Å². The molecule has 0 bridgehead atoms. The summed E-state index contributed by atoms with van der Waals surface area (Å²) in [5, 5.41) is 2.89. The normalized spacial score (nSPS) is 10.4. The van der Waals surface area contributed by atoms with Gasteiger partial charge in [0.25, 0.3) is 5.91 Å². The van der Waals surface area contributed by atoms with Gasteiger partial charge in [0.05, 0.1) is 0 Å². The summed E-state index contributed by atoms with van der Waals surface area (Å²) in [6, 6.07) is 4.93. The maximum Gasteiger partial charge on any atom is 0.251 e. The molecule has 4 heteroatoms. The summed E-state index contributed by atoms with van der Waals surface area (Å²) in [6.45, 7) is 2.91. The van der Waals surface area contributed by atoms with Crippen LogP contribution in [0.4, 0.5) is 11.4 Å². The zero-order chi connectivity index (χ0) is 14.1. The van der Waals surface area contributed by atoms with Gasteiger partial charge in [0.15, 0.2) is 0 Å². The molecular weight excluding hydrogens is 238 g/mol. The van der Waals surface area contributed by atoms with Crippen LogP contribution in [0.5, 0.6) is 0 Å². The number of rotatable bonds is 8. The molecule has 1 amide bonds. The van der Waals surface area contributed by atoms with Crippen LogP contribution in [0.15, 0.2) is 18.2 Å². The van der Waals surface area contributed by atoms with E-state index in [2.05, 4.69) is 12.2 Å². The van der Waals surface area contributed by atoms with Crippen LogP contribution in [0.1, 0.15) is 55.8 Å². The summed E-state index contributed by atoms with van der Waals surface area (Å²) < 4.78 is 0. The molecule has 0 saturated carbocycles. The van der Waals surface area contributed by atoms with E-state index < -0.39 is 0 Å². The second-order valence-corrected chi connectivity index (χ2v) is 4.91. The summed E-state index contributed by atoms with van der Waals surface area (Å²) in [6.07, 6.45) is 7.28. The number of hydrogen-bond acceptors (Lipinski definition) is 3. The Bertz CT molecular complexity index is 384. The molecule has 0 spiro atoms. The molecule has 0 radical (unpaired) electrons. The average molecular weight is 263 g/mol. The number of nitrogens with one attached hydrogen (secondary N) is 1. The van der Waals surface area contributed by atoms with E-state index in [9.17, 15) is 4.79 Å². The highest BCUT2D eigenvalue weighted by Crippen LogP contribution is 2.13. The average Bonchev–Trinajstić information content (AvgIpc) is 2.36. The summed E-state index contributed by atoms with van der Waals surface area (Å²) >= 11 is 0. The van der Waals surface area contributed by atoms with E-state index in [4.69, 9.17) is 11.5 Å². The third-order valence-electron chi connectivity index (χ3n) is 3.06. The predicted octanol–water partition coefficient (Wildman–Crippen LogP) is 2.94. The first-order chi connectivity index (χ1) is 9.13. The Morgan fingerprint density at radius 2 is 1.58 bits per heavy atom. The van der Waals surface area contributed by atoms with Gasteiger partial charge in [-0.25, -0.2) is 0 Å². The molecule has 19 heavy (non-hydrogen) atoms. The maximum absolute atomic E-state index is 11.9. The number of hydrogen-bond donors (Lipinski definition) is 3. The highest BCUT2D eigenvalue weighted by Gasteiger charge is 2.06. The number of benzene rings is 1. The van der Waals surface area contributed by atoms with E-state index in [1.165, 1.54) is 32.1 Å². The molecule has 1 aromatic carbocycles. The first-order valence-electron chi connectivity index (χ1n) is 7.07. The lowest BCUT2D eigenvalue weighted by Crippen LogP contribution is -2.24. The minimum Gasteiger partial charge on any atom is -0.399 e. The van der Waals surface area contributed by atoms with Crippen molar-refractivity contribution in [2.75, 3.05) is 18.0 Å². The van der Waals surface area contributed by atoms with Crippen molar-refractivity contribution in [2.45, 2.75) is 45.4 Å². The number of amides is 1. The van der Waals surface area contributed by atoms with Gasteiger partial charge in [0.1, 0.15) is 0 Å². The Morgan fingerprint density at radius 3 is 2.21 bits per heavy atom. The molecule has 1 rings (SSSR count). The van der Waals surface area contributed by atoms with Crippen molar-refractivity contribution in [1.82, 2.24) is 5.32 Å². The minimum atomic E-state index is -0.104. The Labute approximate surface area is 115 Å². The van der Waals surface area contributed by atoms with Crippen LogP contribution in [0.3, 0.4) is 0 Å². The summed E-state index contributed by atoms with van der Waals surface area (Å²) in [4.78, 5) is 11.9. The van der Waals surface area contributed by atoms with Gasteiger partial charge in [-0.1, -0.05) is 39.0 Å². The molecule has 0 unspecified atom stereocenters. The van der Waals surface area contributed by atoms with Gasteiger partial charge in [-0.2, -0.15) is 0 Å². The highest BCUT2D eigenvalue weighted by molar-refractivity contribution is 5.96. The molecule has 5 N–H and O–H groups in total. The molecule has 0 saturated heterocycles. The zero-order valence-corrected chi connectivity index (χ0v) is 11.7. The van der Waals surface area contributed by atoms with Crippen molar-refractivity contribution in [2.24, 2.45) is 0 Å². The Morgan fingerprint density at radius 1 is 1.00 bits per heavy atom. The van der Waals surface area contributed by atoms with Gasteiger partial charge < -0.3 is 16.8 Å². The zero-order valence-electron chi connectivity index (χ0n) is 11.7. The fraction of sp³-hybridized carbons (Fsp3) is 0.533. The number of nitrogens with two attached hydrogens (primary N) is 2. The molecule has 4 nitrogen and oxygen atoms in total. The van der Waals surface area contributed by atoms with Gasteiger partial charge >= 0.3 is 0 Å². The van der Waals surface area contributed by atoms with Gasteiger partial charge in [-0.3, -0.25) is 4.79 Å². The number of nitrogen functional groups attached to an aromatic ring is 2. The molecule has 0 atom stereocenters. The van der Waals surface area contributed by atoms with Crippen molar-refractivity contribution >= 4 is 17.3 Å². The molecule has 0 aliphatic rings. The molecule has 106 valence electrons. The molecule has 0 heterocycles. The Balaban J connectivity index is 2.24. The van der Waals surface area contributed by atoms with Gasteiger partial charge in [0.2, 0.25) is 0 Å². The quantitative estimate of drug-likeness (QED) is 0.498. The van der Waals surface area contributed by atoms with Crippen LogP contribution < -0.4 is 16.8 Å². The van der Waals surface area contributed by atoms with Crippen LogP contribution in [0, 0.1) is 0 Å². The third-order valence-corrected chi connectivity index (χ3v) is 3.06. The predicted molar refractivity (Wildman–Crippen MR) is 81.0 cm³/mol. The van der Waals surface area contributed by atoms with Crippen LogP contribution in [0.25, 0.3) is 0 Å². The molecule has 0 aliphatic carbocycles. The molecule has 0 fully saturated rings. The number of unbranched alkanes of at least 4 members (excludes halogenated alkanes) is 5. The number of carbonyl (C=O) groups is 1. The molecule has 0 aromatic heterocycles. The Hall–Kier alpha value is -1.71. The lowest BCUT2D eigenvalue weighted by molar-refractivity contribution is 0.0953. The standard InChI is InChI=1S/C15H25N3O/c1-2-3-4-5-6-7-8-18-15(19)12-9-13(16)11-14(17)10-12/h9-11H,2-8,16-17H2,1H3,(H,18,19). The van der Waals surface area contributed by atoms with E-state index in [1.807, 2.05) is 0 Å². The fourth-order valence-electron chi connectivity index (χ4n) is 2.02. The summed E-state index contributed by atoms with van der Waals surface area (Å²) in [7, 11) is 0. The first-order valence-corrected chi connectivity index (χ1v) is 7.07. The van der Waals surface area contributed by atoms with E-state index in [1.54, 1.807) is 18.2 Å². The van der Waals surface area contributed by atoms with E-state index in [-0.39, 0.29) is 5.91 Å². The lowest BCUT2D eigenvalue weighted by atomic mass is 10.1. The van der Waals surface area contributed by atoms with Crippen LogP contribution in [0.2, 0.25) is 0 Å². The monoisotopic (exact) mass is 263 g/mol. The van der Waals surface area contributed by atoms with Gasteiger partial charge in [-0.05, 0) is 24.6 Å². The second kappa shape index (κ2) is 8.40. The molecular formula is C15H25N3O. The molecule has 0 aliphatic heterocycles. The number of carbonyl (C=O) groups excluding carboxylic acids is 1. The maximum atomic E-state index is 11.9. The van der Waals surface area contributed by atoms with Gasteiger partial charge in [-0.15, -0.1) is 0 Å². The highest BCUT2D eigenvalue weighted by atomic mass is 16.1. The van der Waals surface area contributed by atoms with E-state index in [0.717, 1.165) is 6.42 Å². The third kappa shape index (κ3) is 6.13. The van der Waals surface area contributed by atoms with Crippen LogP contribution >= 0.6 is 0 Å². The number of anilines is 2. The minimum absolute atomic E-state index is 0.104. The molecule has 1 aromatic rings. The summed E-state index contributed by atoms with van der Waals surface area (Å²) in [5.41, 5.74) is 12.9. The topological polar surface area (TPSA) is 81.1 Å². The van der Waals surface area contributed by atoms with E-state index >= 15 is 0 Å². The SMILES string of the molecule is CCCCCCCCNC(=O)c1cc(N)cc(N)c1. The van der Waals surface area contributed by atoms with Gasteiger partial charge in [0, 0.05) is 23.5 Å². The van der Waals surface area contributed by atoms with E-state index in [0.29, 0.717) is 23.5 Å². The lowest BCUT2D eigenvalue weighted by Gasteiger charge is -2.07. The van der Waals surface area contributed by atoms with Crippen molar-refractivity contribution in [3.8, 4) is 0 Å². The van der Waals surface area contributed by atoms with Crippen LogP contribution in [-0.4, -0.2) is 12.5 Å². The van der Waals surface area contributed by atoms with Crippen LogP contribution in [-0.2, 0) is 0 Å². The summed E-state index contributed by atoms with van der Waals surface area (Å²) in [5.74, 6) is -0.104. The van der Waals surface area contributed by atoms with Crippen molar-refractivity contribution in [1.29, 1.82) is 0 Å². The largest absolute Gasteiger partial charge is 0.399 e. The smallest absolute Gasteiger partial charge is 0.251 e. The Kier molecular flexibility index (Phi) is 6.79. The first kappa shape index (κ1) is 15.3. The van der Waals surface area contributed by atoms with Crippen molar-refractivity contribution in [3.63, 3.8) is 0 Å².